The number of aryl methyl sites for hydroxylation is 1. The summed E-state index contributed by atoms with van der Waals surface area (Å²) >= 11 is 0. The molecule has 1 aliphatic rings. The quantitative estimate of drug-likeness (QED) is 0.886. The van der Waals surface area contributed by atoms with Gasteiger partial charge in [-0.05, 0) is 56.7 Å². The van der Waals surface area contributed by atoms with Gasteiger partial charge in [0.1, 0.15) is 6.07 Å². The second-order valence-corrected chi connectivity index (χ2v) is 5.55. The molecule has 3 N–H and O–H groups in total. The van der Waals surface area contributed by atoms with Crippen molar-refractivity contribution in [1.82, 2.24) is 0 Å². The molecular weight excluding hydrogens is 250 g/mol. The molecule has 2 rings (SSSR count). The van der Waals surface area contributed by atoms with E-state index in [1.54, 1.807) is 6.07 Å². The second-order valence-electron chi connectivity index (χ2n) is 5.55. The molecule has 0 heterocycles. The number of amides is 1. The number of hydrogen-bond donors (Lipinski definition) is 2. The van der Waals surface area contributed by atoms with Crippen LogP contribution < -0.4 is 11.1 Å². The maximum Gasteiger partial charge on any atom is 0.227 e. The maximum atomic E-state index is 12.3. The molecule has 1 aromatic rings. The van der Waals surface area contributed by atoms with Crippen LogP contribution in [-0.4, -0.2) is 12.5 Å². The molecule has 0 radical (unpaired) electrons. The van der Waals surface area contributed by atoms with Gasteiger partial charge in [-0.25, -0.2) is 0 Å². The molecule has 1 aromatic carbocycles. The summed E-state index contributed by atoms with van der Waals surface area (Å²) in [4.78, 5) is 12.3. The SMILES string of the molecule is Cc1cccc(NC(=O)C2CCC(CN)CC2)c1C#N. The van der Waals surface area contributed by atoms with E-state index in [-0.39, 0.29) is 11.8 Å². The summed E-state index contributed by atoms with van der Waals surface area (Å²) in [5.74, 6) is 0.639. The van der Waals surface area contributed by atoms with Crippen LogP contribution in [0.25, 0.3) is 0 Å². The zero-order valence-electron chi connectivity index (χ0n) is 11.9. The number of nitrogens with zero attached hydrogens (tertiary/aromatic N) is 1. The van der Waals surface area contributed by atoms with Crippen molar-refractivity contribution in [3.63, 3.8) is 0 Å². The summed E-state index contributed by atoms with van der Waals surface area (Å²) < 4.78 is 0. The van der Waals surface area contributed by atoms with Crippen molar-refractivity contribution >= 4 is 11.6 Å². The molecule has 1 aliphatic carbocycles. The number of anilines is 1. The molecule has 106 valence electrons. The van der Waals surface area contributed by atoms with Gasteiger partial charge in [0.2, 0.25) is 5.91 Å². The van der Waals surface area contributed by atoms with Gasteiger partial charge >= 0.3 is 0 Å². The van der Waals surface area contributed by atoms with Crippen LogP contribution in [0.15, 0.2) is 18.2 Å². The third-order valence-corrected chi connectivity index (χ3v) is 4.19. The number of benzene rings is 1. The lowest BCUT2D eigenvalue weighted by Gasteiger charge is -2.26. The Hall–Kier alpha value is -1.86. The average Bonchev–Trinajstić information content (AvgIpc) is 2.47. The van der Waals surface area contributed by atoms with Crippen LogP contribution in [0.5, 0.6) is 0 Å². The van der Waals surface area contributed by atoms with E-state index >= 15 is 0 Å². The first kappa shape index (κ1) is 14.5. The lowest BCUT2D eigenvalue weighted by Crippen LogP contribution is -2.29. The van der Waals surface area contributed by atoms with Gasteiger partial charge in [0.05, 0.1) is 11.3 Å². The van der Waals surface area contributed by atoms with Crippen LogP contribution in [0.3, 0.4) is 0 Å². The molecule has 4 nitrogen and oxygen atoms in total. The van der Waals surface area contributed by atoms with Crippen LogP contribution in [0, 0.1) is 30.1 Å². The molecule has 0 atom stereocenters. The summed E-state index contributed by atoms with van der Waals surface area (Å²) in [6, 6.07) is 7.68. The Morgan fingerprint density at radius 2 is 2.10 bits per heavy atom. The zero-order chi connectivity index (χ0) is 14.5. The predicted molar refractivity (Wildman–Crippen MR) is 79.0 cm³/mol. The second kappa shape index (κ2) is 6.53. The van der Waals surface area contributed by atoms with Crippen LogP contribution in [0.1, 0.15) is 36.8 Å². The highest BCUT2D eigenvalue weighted by molar-refractivity contribution is 5.94. The maximum absolute atomic E-state index is 12.3. The number of carbonyl (C=O) groups is 1. The first-order valence-corrected chi connectivity index (χ1v) is 7.16. The summed E-state index contributed by atoms with van der Waals surface area (Å²) in [6.45, 7) is 2.59. The van der Waals surface area contributed by atoms with Gasteiger partial charge in [-0.3, -0.25) is 4.79 Å². The Labute approximate surface area is 120 Å². The molecule has 1 saturated carbocycles. The summed E-state index contributed by atoms with van der Waals surface area (Å²) in [5.41, 5.74) is 7.73. The Balaban J connectivity index is 2.02. The Kier molecular flexibility index (Phi) is 4.75. The number of nitrogens with two attached hydrogens (primary N) is 1. The molecule has 0 saturated heterocycles. The van der Waals surface area contributed by atoms with E-state index in [0.29, 0.717) is 23.7 Å². The summed E-state index contributed by atoms with van der Waals surface area (Å²) in [7, 11) is 0. The lowest BCUT2D eigenvalue weighted by molar-refractivity contribution is -0.121. The fourth-order valence-electron chi connectivity index (χ4n) is 2.82. The van der Waals surface area contributed by atoms with Crippen molar-refractivity contribution in [2.75, 3.05) is 11.9 Å². The third kappa shape index (κ3) is 3.17. The molecule has 4 heteroatoms. The average molecular weight is 271 g/mol. The fourth-order valence-corrected chi connectivity index (χ4v) is 2.82. The number of nitriles is 1. The van der Waals surface area contributed by atoms with Gasteiger partial charge in [0, 0.05) is 5.92 Å². The van der Waals surface area contributed by atoms with Crippen molar-refractivity contribution in [2.45, 2.75) is 32.6 Å². The van der Waals surface area contributed by atoms with Crippen molar-refractivity contribution in [1.29, 1.82) is 5.26 Å². The van der Waals surface area contributed by atoms with E-state index in [4.69, 9.17) is 5.73 Å². The smallest absolute Gasteiger partial charge is 0.227 e. The van der Waals surface area contributed by atoms with Gasteiger partial charge in [0.15, 0.2) is 0 Å². The molecule has 0 unspecified atom stereocenters. The molecule has 0 spiro atoms. The predicted octanol–water partition coefficient (Wildman–Crippen LogP) is 2.57. The van der Waals surface area contributed by atoms with Crippen LogP contribution in [0.4, 0.5) is 5.69 Å². The minimum absolute atomic E-state index is 0.0302. The van der Waals surface area contributed by atoms with Crippen molar-refractivity contribution in [2.24, 2.45) is 17.6 Å². The van der Waals surface area contributed by atoms with Crippen molar-refractivity contribution in [3.8, 4) is 6.07 Å². The number of rotatable bonds is 3. The van der Waals surface area contributed by atoms with E-state index in [9.17, 15) is 10.1 Å². The molecular formula is C16H21N3O. The molecule has 20 heavy (non-hydrogen) atoms. The van der Waals surface area contributed by atoms with Gasteiger partial charge in [-0.15, -0.1) is 0 Å². The Morgan fingerprint density at radius 1 is 1.40 bits per heavy atom. The van der Waals surface area contributed by atoms with Gasteiger partial charge < -0.3 is 11.1 Å². The van der Waals surface area contributed by atoms with Crippen LogP contribution in [-0.2, 0) is 4.79 Å². The zero-order valence-corrected chi connectivity index (χ0v) is 11.9. The normalized spacial score (nSPS) is 22.1. The van der Waals surface area contributed by atoms with E-state index in [2.05, 4.69) is 11.4 Å². The minimum atomic E-state index is 0.0302. The highest BCUT2D eigenvalue weighted by Crippen LogP contribution is 2.29. The van der Waals surface area contributed by atoms with E-state index in [1.807, 2.05) is 19.1 Å². The first-order chi connectivity index (χ1) is 9.65. The Morgan fingerprint density at radius 3 is 2.70 bits per heavy atom. The fraction of sp³-hybridized carbons (Fsp3) is 0.500. The van der Waals surface area contributed by atoms with Crippen LogP contribution in [0.2, 0.25) is 0 Å². The number of nitrogens with one attached hydrogen (secondary N) is 1. The summed E-state index contributed by atoms with van der Waals surface area (Å²) in [5, 5.41) is 12.1. The largest absolute Gasteiger partial charge is 0.330 e. The van der Waals surface area contributed by atoms with Gasteiger partial charge in [0.25, 0.3) is 0 Å². The number of hydrogen-bond acceptors (Lipinski definition) is 3. The molecule has 1 amide bonds. The summed E-state index contributed by atoms with van der Waals surface area (Å²) in [6.07, 6.45) is 3.82. The van der Waals surface area contributed by atoms with Gasteiger partial charge in [-0.2, -0.15) is 5.26 Å². The molecule has 0 aromatic heterocycles. The van der Waals surface area contributed by atoms with Crippen LogP contribution >= 0.6 is 0 Å². The van der Waals surface area contributed by atoms with E-state index in [1.165, 1.54) is 0 Å². The van der Waals surface area contributed by atoms with E-state index in [0.717, 1.165) is 31.2 Å². The standard InChI is InChI=1S/C16H21N3O/c1-11-3-2-4-15(14(11)10-18)19-16(20)13-7-5-12(9-17)6-8-13/h2-4,12-13H,5-9,17H2,1H3,(H,19,20). The highest BCUT2D eigenvalue weighted by atomic mass is 16.1. The number of carbonyl (C=O) groups excluding carboxylic acids is 1. The van der Waals surface area contributed by atoms with Gasteiger partial charge in [-0.1, -0.05) is 12.1 Å². The minimum Gasteiger partial charge on any atom is -0.330 e. The van der Waals surface area contributed by atoms with Crippen molar-refractivity contribution < 1.29 is 4.79 Å². The topological polar surface area (TPSA) is 78.9 Å². The van der Waals surface area contributed by atoms with E-state index < -0.39 is 0 Å². The lowest BCUT2D eigenvalue weighted by atomic mass is 9.81. The molecule has 0 aliphatic heterocycles. The Bertz CT molecular complexity index is 525. The van der Waals surface area contributed by atoms with Crippen molar-refractivity contribution in [3.05, 3.63) is 29.3 Å². The third-order valence-electron chi connectivity index (χ3n) is 4.19. The first-order valence-electron chi connectivity index (χ1n) is 7.16. The highest BCUT2D eigenvalue weighted by Gasteiger charge is 2.26. The monoisotopic (exact) mass is 271 g/mol. The molecule has 0 bridgehead atoms. The molecule has 1 fully saturated rings.